The molecule has 7 nitrogen and oxygen atoms in total. The Labute approximate surface area is 218 Å². The molecule has 0 saturated heterocycles. The van der Waals surface area contributed by atoms with Crippen molar-refractivity contribution in [2.24, 2.45) is 0 Å². The van der Waals surface area contributed by atoms with Crippen molar-refractivity contribution < 1.29 is 18.0 Å². The fraction of sp³-hybridized carbons (Fsp3) is 0.440. The summed E-state index contributed by atoms with van der Waals surface area (Å²) in [4.78, 5) is 27.5. The van der Waals surface area contributed by atoms with E-state index in [0.717, 1.165) is 21.7 Å². The quantitative estimate of drug-likeness (QED) is 0.443. The lowest BCUT2D eigenvalue weighted by Gasteiger charge is -2.30. The highest BCUT2D eigenvalue weighted by atomic mass is 35.5. The van der Waals surface area contributed by atoms with Crippen LogP contribution in [0.3, 0.4) is 0 Å². The Morgan fingerprint density at radius 3 is 2.34 bits per heavy atom. The molecule has 2 aromatic rings. The third-order valence-corrected chi connectivity index (χ3v) is 7.10. The van der Waals surface area contributed by atoms with Crippen LogP contribution in [-0.4, -0.2) is 50.0 Å². The van der Waals surface area contributed by atoms with Gasteiger partial charge in [0.1, 0.15) is 6.04 Å². The van der Waals surface area contributed by atoms with Crippen molar-refractivity contribution in [1.82, 2.24) is 10.2 Å². The van der Waals surface area contributed by atoms with Crippen molar-refractivity contribution >= 4 is 50.7 Å². The molecule has 0 spiro atoms. The van der Waals surface area contributed by atoms with Crippen molar-refractivity contribution in [2.75, 3.05) is 17.1 Å². The van der Waals surface area contributed by atoms with Crippen LogP contribution in [-0.2, 0) is 26.2 Å². The first-order valence-corrected chi connectivity index (χ1v) is 14.0. The first-order chi connectivity index (χ1) is 16.3. The summed E-state index contributed by atoms with van der Waals surface area (Å²) in [7, 11) is -3.67. The zero-order valence-corrected chi connectivity index (χ0v) is 23.0. The number of aryl methyl sites for hydroxylation is 1. The molecular formula is C25H33Cl2N3O4S. The van der Waals surface area contributed by atoms with Gasteiger partial charge in [0.2, 0.25) is 21.8 Å². The van der Waals surface area contributed by atoms with Gasteiger partial charge in [-0.3, -0.25) is 13.9 Å². The van der Waals surface area contributed by atoms with E-state index in [9.17, 15) is 18.0 Å². The van der Waals surface area contributed by atoms with E-state index < -0.39 is 16.1 Å². The van der Waals surface area contributed by atoms with Gasteiger partial charge in [0.25, 0.3) is 0 Å². The number of hydrogen-bond donors (Lipinski definition) is 1. The van der Waals surface area contributed by atoms with Crippen molar-refractivity contribution in [3.8, 4) is 0 Å². The molecule has 0 aliphatic rings. The number of carbonyl (C=O) groups excluding carboxylic acids is 2. The first kappa shape index (κ1) is 28.9. The maximum atomic E-state index is 13.3. The summed E-state index contributed by atoms with van der Waals surface area (Å²) in [6.07, 6.45) is 1.36. The van der Waals surface area contributed by atoms with Gasteiger partial charge in [-0.2, -0.15) is 0 Å². The SMILES string of the molecule is Cc1cccc(CN(C(=O)CCCN(c2cc(Cl)ccc2Cl)S(C)(=O)=O)[C@H](C)C(=O)NC(C)C)c1. The smallest absolute Gasteiger partial charge is 0.242 e. The summed E-state index contributed by atoms with van der Waals surface area (Å²) in [6.45, 7) is 7.68. The zero-order chi connectivity index (χ0) is 26.3. The van der Waals surface area contributed by atoms with E-state index >= 15 is 0 Å². The van der Waals surface area contributed by atoms with Crippen molar-refractivity contribution in [2.45, 2.75) is 59.2 Å². The molecule has 0 heterocycles. The maximum Gasteiger partial charge on any atom is 0.242 e. The van der Waals surface area contributed by atoms with Crippen LogP contribution in [0.2, 0.25) is 10.0 Å². The standard InChI is InChI=1S/C25H33Cl2N3O4S/c1-17(2)28-25(32)19(4)29(16-20-9-6-8-18(3)14-20)24(31)10-7-13-30(35(5,33)34)23-15-21(26)11-12-22(23)27/h6,8-9,11-12,14-15,17,19H,7,10,13,16H2,1-5H3,(H,28,32)/t19-/m1/s1. The molecule has 2 aromatic carbocycles. The van der Waals surface area contributed by atoms with E-state index in [0.29, 0.717) is 5.02 Å². The lowest BCUT2D eigenvalue weighted by atomic mass is 10.1. The Balaban J connectivity index is 2.21. The molecule has 0 saturated carbocycles. The second-order valence-corrected chi connectivity index (χ2v) is 11.6. The number of nitrogens with one attached hydrogen (secondary N) is 1. The number of rotatable bonds is 11. The van der Waals surface area contributed by atoms with Crippen LogP contribution in [0, 0.1) is 6.92 Å². The average Bonchev–Trinajstić information content (AvgIpc) is 2.75. The van der Waals surface area contributed by atoms with Gasteiger partial charge in [0.05, 0.1) is 17.0 Å². The van der Waals surface area contributed by atoms with E-state index in [2.05, 4.69) is 5.32 Å². The Bertz CT molecular complexity index is 1160. The van der Waals surface area contributed by atoms with Crippen LogP contribution in [0.1, 0.15) is 44.7 Å². The van der Waals surface area contributed by atoms with Crippen molar-refractivity contribution in [3.63, 3.8) is 0 Å². The minimum atomic E-state index is -3.67. The van der Waals surface area contributed by atoms with Gasteiger partial charge in [0.15, 0.2) is 0 Å². The largest absolute Gasteiger partial charge is 0.352 e. The third-order valence-electron chi connectivity index (χ3n) is 5.36. The number of hydrogen-bond acceptors (Lipinski definition) is 4. The summed E-state index contributed by atoms with van der Waals surface area (Å²) in [5.74, 6) is -0.493. The molecule has 1 N–H and O–H groups in total. The van der Waals surface area contributed by atoms with Gasteiger partial charge in [-0.1, -0.05) is 53.0 Å². The Morgan fingerprint density at radius 1 is 1.06 bits per heavy atom. The fourth-order valence-corrected chi connectivity index (χ4v) is 5.06. The minimum Gasteiger partial charge on any atom is -0.352 e. The molecule has 192 valence electrons. The highest BCUT2D eigenvalue weighted by molar-refractivity contribution is 7.92. The van der Waals surface area contributed by atoms with Crippen LogP contribution < -0.4 is 9.62 Å². The highest BCUT2D eigenvalue weighted by Crippen LogP contribution is 2.31. The summed E-state index contributed by atoms with van der Waals surface area (Å²) in [6, 6.07) is 11.6. The molecule has 35 heavy (non-hydrogen) atoms. The molecule has 0 radical (unpaired) electrons. The average molecular weight is 543 g/mol. The molecular weight excluding hydrogens is 509 g/mol. The molecule has 0 unspecified atom stereocenters. The fourth-order valence-electron chi connectivity index (χ4n) is 3.65. The third kappa shape index (κ3) is 8.70. The lowest BCUT2D eigenvalue weighted by molar-refractivity contribution is -0.140. The number of halogens is 2. The number of anilines is 1. The number of benzene rings is 2. The Kier molecular flexibility index (Phi) is 10.4. The van der Waals surface area contributed by atoms with Gasteiger partial charge in [-0.15, -0.1) is 0 Å². The van der Waals surface area contributed by atoms with E-state index in [1.165, 1.54) is 17.0 Å². The summed E-state index contributed by atoms with van der Waals surface area (Å²) in [5.41, 5.74) is 2.22. The Morgan fingerprint density at radius 2 is 1.74 bits per heavy atom. The minimum absolute atomic E-state index is 0.0372. The zero-order valence-electron chi connectivity index (χ0n) is 20.7. The topological polar surface area (TPSA) is 86.8 Å². The van der Waals surface area contributed by atoms with E-state index in [1.54, 1.807) is 13.0 Å². The van der Waals surface area contributed by atoms with Crippen molar-refractivity contribution in [1.29, 1.82) is 0 Å². The predicted octanol–water partition coefficient (Wildman–Crippen LogP) is 4.79. The van der Waals surface area contributed by atoms with Gasteiger partial charge in [-0.25, -0.2) is 8.42 Å². The normalized spacial score (nSPS) is 12.3. The summed E-state index contributed by atoms with van der Waals surface area (Å²) >= 11 is 12.3. The van der Waals surface area contributed by atoms with Crippen LogP contribution in [0.15, 0.2) is 42.5 Å². The van der Waals surface area contributed by atoms with Gasteiger partial charge >= 0.3 is 0 Å². The number of nitrogens with zero attached hydrogens (tertiary/aromatic N) is 2. The van der Waals surface area contributed by atoms with Gasteiger partial charge in [0, 0.05) is 30.6 Å². The van der Waals surface area contributed by atoms with E-state index in [-0.39, 0.29) is 54.5 Å². The Hall–Kier alpha value is -2.29. The molecule has 0 bridgehead atoms. The number of sulfonamides is 1. The van der Waals surface area contributed by atoms with E-state index in [1.807, 2.05) is 45.0 Å². The monoisotopic (exact) mass is 541 g/mol. The summed E-state index contributed by atoms with van der Waals surface area (Å²) in [5, 5.41) is 3.45. The highest BCUT2D eigenvalue weighted by Gasteiger charge is 2.27. The molecule has 0 fully saturated rings. The first-order valence-electron chi connectivity index (χ1n) is 11.4. The van der Waals surface area contributed by atoms with Crippen molar-refractivity contribution in [3.05, 3.63) is 63.6 Å². The number of carbonyl (C=O) groups is 2. The maximum absolute atomic E-state index is 13.3. The van der Waals surface area contributed by atoms with Crippen LogP contribution in [0.4, 0.5) is 5.69 Å². The molecule has 1 atom stereocenters. The van der Waals surface area contributed by atoms with Gasteiger partial charge in [-0.05, 0) is 57.9 Å². The lowest BCUT2D eigenvalue weighted by Crippen LogP contribution is -2.49. The molecule has 0 aliphatic carbocycles. The predicted molar refractivity (Wildman–Crippen MR) is 142 cm³/mol. The molecule has 10 heteroatoms. The molecule has 0 aliphatic heterocycles. The number of amides is 2. The van der Waals surface area contributed by atoms with Gasteiger partial charge < -0.3 is 10.2 Å². The second-order valence-electron chi connectivity index (χ2n) is 8.88. The van der Waals surface area contributed by atoms with Crippen LogP contribution in [0.5, 0.6) is 0 Å². The van der Waals surface area contributed by atoms with Crippen LogP contribution >= 0.6 is 23.2 Å². The molecule has 2 rings (SSSR count). The van der Waals surface area contributed by atoms with E-state index in [4.69, 9.17) is 23.2 Å². The molecule has 2 amide bonds. The molecule has 0 aromatic heterocycles. The van der Waals surface area contributed by atoms with Crippen LogP contribution in [0.25, 0.3) is 0 Å². The summed E-state index contributed by atoms with van der Waals surface area (Å²) < 4.78 is 26.1. The second kappa shape index (κ2) is 12.6.